The van der Waals surface area contributed by atoms with Crippen molar-refractivity contribution >= 4 is 45.7 Å². The fraction of sp³-hybridized carbons (Fsp3) is 0.444. The van der Waals surface area contributed by atoms with Crippen LogP contribution in [0.25, 0.3) is 0 Å². The molecule has 0 fully saturated rings. The Bertz CT molecular complexity index is 1140. The van der Waals surface area contributed by atoms with Gasteiger partial charge in [0.1, 0.15) is 22.1 Å². The average Bonchev–Trinajstić information content (AvgIpc) is 3.18. The highest BCUT2D eigenvalue weighted by Gasteiger charge is 2.36. The second-order valence-corrected chi connectivity index (χ2v) is 7.93. The Hall–Kier alpha value is -3.88. The Kier molecular flexibility index (Phi) is 7.81. The number of amides is 1. The van der Waals surface area contributed by atoms with E-state index in [2.05, 4.69) is 10.4 Å². The van der Waals surface area contributed by atoms with Gasteiger partial charge in [0.25, 0.3) is 0 Å². The molecule has 178 valence electrons. The molecule has 0 aliphatic carbocycles. The molecule has 0 saturated heterocycles. The van der Waals surface area contributed by atoms with Gasteiger partial charge in [-0.2, -0.15) is 4.68 Å². The zero-order valence-electron chi connectivity index (χ0n) is 18.4. The van der Waals surface area contributed by atoms with Crippen LogP contribution in [0.1, 0.15) is 52.1 Å². The van der Waals surface area contributed by atoms with E-state index in [1.54, 1.807) is 20.8 Å². The van der Waals surface area contributed by atoms with E-state index in [-0.39, 0.29) is 33.3 Å². The summed E-state index contributed by atoms with van der Waals surface area (Å²) in [4.78, 5) is 57.8. The molecule has 2 heterocycles. The minimum atomic E-state index is -1.02. The first-order valence-corrected chi connectivity index (χ1v) is 10.4. The summed E-state index contributed by atoms with van der Waals surface area (Å²) in [6.07, 6.45) is -0.473. The second kappa shape index (κ2) is 10.2. The van der Waals surface area contributed by atoms with Crippen molar-refractivity contribution < 1.29 is 33.7 Å². The van der Waals surface area contributed by atoms with Crippen LogP contribution in [-0.4, -0.2) is 50.2 Å². The summed E-state index contributed by atoms with van der Waals surface area (Å²) in [6.45, 7) is 7.06. The summed E-state index contributed by atoms with van der Waals surface area (Å²) in [7, 11) is 0. The number of aromatic nitrogens is 2. The Labute approximate surface area is 190 Å². The summed E-state index contributed by atoms with van der Waals surface area (Å²) in [5.41, 5.74) is -0.818. The van der Waals surface area contributed by atoms with Gasteiger partial charge in [-0.1, -0.05) is 0 Å². The highest BCUT2D eigenvalue weighted by atomic mass is 32.1. The van der Waals surface area contributed by atoms with Crippen LogP contribution in [0.5, 0.6) is 0 Å². The largest absolute Gasteiger partial charge is 0.468 e. The maximum Gasteiger partial charge on any atom is 0.468 e. The van der Waals surface area contributed by atoms with Crippen molar-refractivity contribution in [2.45, 2.75) is 47.3 Å². The van der Waals surface area contributed by atoms with E-state index in [9.17, 15) is 34.6 Å². The van der Waals surface area contributed by atoms with Crippen molar-refractivity contribution in [3.63, 3.8) is 0 Å². The van der Waals surface area contributed by atoms with Crippen LogP contribution in [0.3, 0.4) is 0 Å². The lowest BCUT2D eigenvalue weighted by molar-refractivity contribution is -0.424. The number of nitrogens with one attached hydrogen (secondary N) is 1. The minimum Gasteiger partial charge on any atom is -0.462 e. The second-order valence-electron chi connectivity index (χ2n) is 6.91. The standard InChI is InChI=1S/C18H21N5O9S/c1-6-31-18(26)14-9(4)12(17(25)32-8(2)3)16(33-14)19-11(24)7-21-10(5)13(22(27)28)15(20-21)23(29)30/h8H,6-7H2,1-5H3,(H,19,24). The zero-order chi connectivity index (χ0) is 25.0. The lowest BCUT2D eigenvalue weighted by Gasteiger charge is -2.10. The molecule has 0 aliphatic rings. The zero-order valence-corrected chi connectivity index (χ0v) is 19.2. The van der Waals surface area contributed by atoms with Crippen LogP contribution < -0.4 is 5.32 Å². The van der Waals surface area contributed by atoms with E-state index >= 15 is 0 Å². The van der Waals surface area contributed by atoms with E-state index in [0.29, 0.717) is 0 Å². The molecule has 2 rings (SSSR count). The molecule has 2 aromatic heterocycles. The predicted molar refractivity (Wildman–Crippen MR) is 114 cm³/mol. The van der Waals surface area contributed by atoms with Crippen LogP contribution in [-0.2, 0) is 20.8 Å². The molecule has 0 aromatic carbocycles. The minimum absolute atomic E-state index is 0.0000108. The van der Waals surface area contributed by atoms with Crippen molar-refractivity contribution in [3.8, 4) is 0 Å². The quantitative estimate of drug-likeness (QED) is 0.316. The average molecular weight is 483 g/mol. The van der Waals surface area contributed by atoms with Crippen molar-refractivity contribution in [1.82, 2.24) is 9.78 Å². The fourth-order valence-electron chi connectivity index (χ4n) is 2.83. The SMILES string of the molecule is CCOC(=O)c1sc(NC(=O)Cn2nc([N+](=O)[O-])c([N+](=O)[O-])c2C)c(C(=O)OC(C)C)c1C. The topological polar surface area (TPSA) is 186 Å². The molecule has 15 heteroatoms. The van der Waals surface area contributed by atoms with Crippen LogP contribution >= 0.6 is 11.3 Å². The number of carbonyl (C=O) groups is 3. The van der Waals surface area contributed by atoms with E-state index < -0.39 is 51.8 Å². The van der Waals surface area contributed by atoms with E-state index in [4.69, 9.17) is 9.47 Å². The fourth-order valence-corrected chi connectivity index (χ4v) is 3.93. The summed E-state index contributed by atoms with van der Waals surface area (Å²) in [5.74, 6) is -3.25. The predicted octanol–water partition coefficient (Wildman–Crippen LogP) is 2.76. The van der Waals surface area contributed by atoms with Crippen molar-refractivity contribution in [1.29, 1.82) is 0 Å². The van der Waals surface area contributed by atoms with Gasteiger partial charge in [0.05, 0.1) is 28.3 Å². The first-order chi connectivity index (χ1) is 15.4. The van der Waals surface area contributed by atoms with Crippen LogP contribution in [0, 0.1) is 34.1 Å². The first-order valence-electron chi connectivity index (χ1n) is 9.56. The van der Waals surface area contributed by atoms with Gasteiger partial charge in [-0.3, -0.25) is 14.9 Å². The third-order valence-corrected chi connectivity index (χ3v) is 5.40. The van der Waals surface area contributed by atoms with Gasteiger partial charge in [0.15, 0.2) is 0 Å². The number of carbonyl (C=O) groups excluding carboxylic acids is 3. The van der Waals surface area contributed by atoms with Gasteiger partial charge in [0, 0.05) is 0 Å². The third-order valence-electron chi connectivity index (χ3n) is 4.21. The van der Waals surface area contributed by atoms with Gasteiger partial charge >= 0.3 is 23.4 Å². The summed E-state index contributed by atoms with van der Waals surface area (Å²) >= 11 is 0.797. The van der Waals surface area contributed by atoms with Crippen LogP contribution in [0.4, 0.5) is 16.5 Å². The third kappa shape index (κ3) is 5.49. The maximum absolute atomic E-state index is 12.6. The molecular formula is C18H21N5O9S. The van der Waals surface area contributed by atoms with Gasteiger partial charge in [-0.25, -0.2) is 9.59 Å². The number of hydrogen-bond donors (Lipinski definition) is 1. The Morgan fingerprint density at radius 1 is 1.15 bits per heavy atom. The Morgan fingerprint density at radius 2 is 1.79 bits per heavy atom. The highest BCUT2D eigenvalue weighted by molar-refractivity contribution is 7.18. The number of hydrogen-bond acceptors (Lipinski definition) is 11. The van der Waals surface area contributed by atoms with Crippen molar-refractivity contribution in [3.05, 3.63) is 41.9 Å². The van der Waals surface area contributed by atoms with Gasteiger partial charge < -0.3 is 24.9 Å². The van der Waals surface area contributed by atoms with Gasteiger partial charge in [-0.15, -0.1) is 11.3 Å². The van der Waals surface area contributed by atoms with E-state index in [1.807, 2.05) is 0 Å². The van der Waals surface area contributed by atoms with Gasteiger partial charge in [0.2, 0.25) is 5.91 Å². The van der Waals surface area contributed by atoms with Crippen LogP contribution in [0.2, 0.25) is 0 Å². The molecule has 0 atom stereocenters. The smallest absolute Gasteiger partial charge is 0.462 e. The van der Waals surface area contributed by atoms with Gasteiger partial charge in [-0.05, 0) is 45.1 Å². The number of nitro groups is 2. The summed E-state index contributed by atoms with van der Waals surface area (Å²) in [6, 6.07) is 0. The number of nitrogens with zero attached hydrogens (tertiary/aromatic N) is 4. The Morgan fingerprint density at radius 3 is 2.27 bits per heavy atom. The summed E-state index contributed by atoms with van der Waals surface area (Å²) in [5, 5.41) is 28.2. The van der Waals surface area contributed by atoms with E-state index in [0.717, 1.165) is 16.0 Å². The number of ether oxygens (including phenoxy) is 2. The molecule has 2 aromatic rings. The van der Waals surface area contributed by atoms with Crippen molar-refractivity contribution in [2.75, 3.05) is 11.9 Å². The molecule has 0 aliphatic heterocycles. The maximum atomic E-state index is 12.6. The lowest BCUT2D eigenvalue weighted by atomic mass is 10.1. The molecule has 33 heavy (non-hydrogen) atoms. The molecule has 0 bridgehead atoms. The van der Waals surface area contributed by atoms with Crippen LogP contribution in [0.15, 0.2) is 0 Å². The molecule has 0 spiro atoms. The summed E-state index contributed by atoms with van der Waals surface area (Å²) < 4.78 is 11.0. The lowest BCUT2D eigenvalue weighted by Crippen LogP contribution is -2.21. The molecule has 1 N–H and O–H groups in total. The molecule has 0 unspecified atom stereocenters. The Balaban J connectivity index is 2.41. The number of thiophene rings is 1. The highest BCUT2D eigenvalue weighted by Crippen LogP contribution is 2.35. The molecule has 0 saturated carbocycles. The first kappa shape index (κ1) is 25.4. The monoisotopic (exact) mass is 483 g/mol. The molecular weight excluding hydrogens is 462 g/mol. The van der Waals surface area contributed by atoms with E-state index in [1.165, 1.54) is 13.8 Å². The molecule has 14 nitrogen and oxygen atoms in total. The molecule has 1 amide bonds. The number of esters is 2. The normalized spacial score (nSPS) is 10.7. The molecule has 0 radical (unpaired) electrons. The van der Waals surface area contributed by atoms with Crippen molar-refractivity contribution in [2.24, 2.45) is 0 Å². The number of rotatable bonds is 9. The number of anilines is 1.